The Bertz CT molecular complexity index is 1210. The molecule has 2 aliphatic rings. The molecule has 0 unspecified atom stereocenters. The average molecular weight is 458 g/mol. The van der Waals surface area contributed by atoms with Crippen molar-refractivity contribution in [1.29, 1.82) is 0 Å². The summed E-state index contributed by atoms with van der Waals surface area (Å²) in [6, 6.07) is 14.1. The number of hydrogen-bond acceptors (Lipinski definition) is 6. The smallest absolute Gasteiger partial charge is 0.399 e. The van der Waals surface area contributed by atoms with Gasteiger partial charge >= 0.3 is 14.2 Å². The largest absolute Gasteiger partial charge is 0.494 e. The maximum Gasteiger partial charge on any atom is 0.494 e. The fourth-order valence-electron chi connectivity index (χ4n) is 4.08. The molecule has 0 radical (unpaired) electrons. The third-order valence-corrected chi connectivity index (χ3v) is 7.82. The van der Waals surface area contributed by atoms with E-state index in [0.29, 0.717) is 0 Å². The van der Waals surface area contributed by atoms with Crippen molar-refractivity contribution in [1.82, 2.24) is 9.97 Å². The number of fused-ring (bicyclic) bond motifs is 1. The Hall–Kier alpha value is -2.25. The van der Waals surface area contributed by atoms with E-state index < -0.39 is 7.12 Å². The highest BCUT2D eigenvalue weighted by Crippen LogP contribution is 2.37. The Labute approximate surface area is 202 Å². The Balaban J connectivity index is 1.37. The third-order valence-electron chi connectivity index (χ3n) is 7.82. The summed E-state index contributed by atoms with van der Waals surface area (Å²) in [5, 5.41) is 0. The molecule has 0 atom stereocenters. The molecule has 34 heavy (non-hydrogen) atoms. The second-order valence-corrected chi connectivity index (χ2v) is 11.3. The van der Waals surface area contributed by atoms with E-state index in [2.05, 4.69) is 60.4 Å². The van der Waals surface area contributed by atoms with E-state index in [-0.39, 0.29) is 29.5 Å². The molecule has 2 aliphatic heterocycles. The van der Waals surface area contributed by atoms with Crippen molar-refractivity contribution < 1.29 is 18.6 Å². The van der Waals surface area contributed by atoms with Crippen LogP contribution < -0.4 is 10.9 Å². The van der Waals surface area contributed by atoms with Gasteiger partial charge in [0, 0.05) is 5.56 Å². The van der Waals surface area contributed by atoms with Crippen molar-refractivity contribution in [3.8, 4) is 11.3 Å². The molecule has 0 aliphatic carbocycles. The lowest BCUT2D eigenvalue weighted by molar-refractivity contribution is 0.00578. The van der Waals surface area contributed by atoms with Crippen LogP contribution in [0.4, 0.5) is 0 Å². The van der Waals surface area contributed by atoms with Gasteiger partial charge in [0.15, 0.2) is 0 Å². The Morgan fingerprint density at radius 1 is 0.588 bits per heavy atom. The van der Waals surface area contributed by atoms with Crippen LogP contribution >= 0.6 is 0 Å². The van der Waals surface area contributed by atoms with Crippen LogP contribution in [0.25, 0.3) is 22.3 Å². The van der Waals surface area contributed by atoms with Crippen molar-refractivity contribution >= 4 is 36.2 Å². The van der Waals surface area contributed by atoms with E-state index in [1.54, 1.807) is 6.20 Å². The van der Waals surface area contributed by atoms with Crippen molar-refractivity contribution in [3.63, 3.8) is 0 Å². The number of rotatable bonds is 3. The quantitative estimate of drug-likeness (QED) is 0.556. The van der Waals surface area contributed by atoms with Crippen LogP contribution in [0.3, 0.4) is 0 Å². The van der Waals surface area contributed by atoms with E-state index in [9.17, 15) is 0 Å². The number of hydrogen-bond donors (Lipinski definition) is 0. The molecule has 0 spiro atoms. The van der Waals surface area contributed by atoms with Gasteiger partial charge in [-0.1, -0.05) is 30.3 Å². The Morgan fingerprint density at radius 2 is 1.06 bits per heavy atom. The van der Waals surface area contributed by atoms with Crippen LogP contribution in [0.15, 0.2) is 48.7 Å². The molecule has 1 aromatic heterocycles. The van der Waals surface area contributed by atoms with E-state index in [1.165, 1.54) is 0 Å². The number of aromatic nitrogens is 2. The first-order valence-electron chi connectivity index (χ1n) is 11.9. The predicted octanol–water partition coefficient (Wildman–Crippen LogP) is 3.90. The van der Waals surface area contributed by atoms with Crippen LogP contribution in [-0.4, -0.2) is 46.6 Å². The maximum absolute atomic E-state index is 6.18. The average Bonchev–Trinajstić information content (AvgIpc) is 3.12. The molecule has 3 aromatic rings. The lowest BCUT2D eigenvalue weighted by Crippen LogP contribution is -2.41. The van der Waals surface area contributed by atoms with E-state index in [4.69, 9.17) is 23.6 Å². The molecular formula is C26H32B2N2O4. The minimum Gasteiger partial charge on any atom is -0.399 e. The molecule has 8 heteroatoms. The molecule has 0 bridgehead atoms. The molecule has 3 heterocycles. The first-order chi connectivity index (χ1) is 15.8. The zero-order valence-corrected chi connectivity index (χ0v) is 21.3. The summed E-state index contributed by atoms with van der Waals surface area (Å²) < 4.78 is 24.7. The van der Waals surface area contributed by atoms with Crippen LogP contribution in [0.1, 0.15) is 55.4 Å². The second kappa shape index (κ2) is 7.62. The maximum atomic E-state index is 6.18. The molecule has 2 aromatic carbocycles. The van der Waals surface area contributed by atoms with Gasteiger partial charge in [-0.2, -0.15) is 0 Å². The molecule has 0 saturated carbocycles. The number of benzene rings is 2. The summed E-state index contributed by atoms with van der Waals surface area (Å²) >= 11 is 0. The van der Waals surface area contributed by atoms with E-state index in [1.807, 2.05) is 42.5 Å². The summed E-state index contributed by atoms with van der Waals surface area (Å²) in [6.07, 6.45) is 1.81. The van der Waals surface area contributed by atoms with Gasteiger partial charge < -0.3 is 18.6 Å². The molecule has 0 amide bonds. The van der Waals surface area contributed by atoms with E-state index >= 15 is 0 Å². The van der Waals surface area contributed by atoms with Crippen molar-refractivity contribution in [2.45, 2.75) is 77.8 Å². The minimum absolute atomic E-state index is 0.362. The standard InChI is InChI=1S/C26H32B2N2O4/c1-23(2)24(3,4)32-27(31-23)18-11-9-17(10-12-18)22-16-29-21-15-19(13-14-20(21)30-22)28-33-25(5,6)26(7,8)34-28/h9-16H,1-8H3. The van der Waals surface area contributed by atoms with Crippen LogP contribution in [-0.2, 0) is 18.6 Å². The van der Waals surface area contributed by atoms with Gasteiger partial charge in [-0.15, -0.1) is 0 Å². The molecule has 176 valence electrons. The van der Waals surface area contributed by atoms with Crippen LogP contribution in [0.5, 0.6) is 0 Å². The van der Waals surface area contributed by atoms with E-state index in [0.717, 1.165) is 33.2 Å². The first-order valence-corrected chi connectivity index (χ1v) is 11.9. The lowest BCUT2D eigenvalue weighted by atomic mass is 9.78. The fourth-order valence-corrected chi connectivity index (χ4v) is 4.08. The van der Waals surface area contributed by atoms with Gasteiger partial charge in [0.05, 0.1) is 45.3 Å². The molecular weight excluding hydrogens is 426 g/mol. The topological polar surface area (TPSA) is 62.7 Å². The predicted molar refractivity (Wildman–Crippen MR) is 136 cm³/mol. The van der Waals surface area contributed by atoms with Crippen molar-refractivity contribution in [3.05, 3.63) is 48.7 Å². The Kier molecular flexibility index (Phi) is 5.27. The van der Waals surface area contributed by atoms with Gasteiger partial charge in [0.2, 0.25) is 0 Å². The molecule has 2 saturated heterocycles. The summed E-state index contributed by atoms with van der Waals surface area (Å²) in [7, 11) is -0.798. The first kappa shape index (κ1) is 23.5. The second-order valence-electron chi connectivity index (χ2n) is 11.3. The lowest BCUT2D eigenvalue weighted by Gasteiger charge is -2.32. The zero-order valence-electron chi connectivity index (χ0n) is 21.3. The van der Waals surface area contributed by atoms with Crippen molar-refractivity contribution in [2.24, 2.45) is 0 Å². The van der Waals surface area contributed by atoms with Gasteiger partial charge in [-0.25, -0.2) is 4.98 Å². The molecule has 5 rings (SSSR count). The highest BCUT2D eigenvalue weighted by Gasteiger charge is 2.52. The van der Waals surface area contributed by atoms with Crippen LogP contribution in [0, 0.1) is 0 Å². The molecule has 6 nitrogen and oxygen atoms in total. The molecule has 0 N–H and O–H groups in total. The number of nitrogens with zero attached hydrogens (tertiary/aromatic N) is 2. The zero-order chi connectivity index (χ0) is 24.5. The molecule has 2 fully saturated rings. The van der Waals surface area contributed by atoms with Gasteiger partial charge in [0.25, 0.3) is 0 Å². The highest BCUT2D eigenvalue weighted by molar-refractivity contribution is 6.62. The fraction of sp³-hybridized carbons (Fsp3) is 0.462. The van der Waals surface area contributed by atoms with Crippen molar-refractivity contribution in [2.75, 3.05) is 0 Å². The normalized spacial score (nSPS) is 22.5. The third kappa shape index (κ3) is 3.87. The van der Waals surface area contributed by atoms with Gasteiger partial charge in [-0.05, 0) is 78.4 Å². The monoisotopic (exact) mass is 458 g/mol. The SMILES string of the molecule is CC1(C)OB(c2ccc(-c3cnc4cc(B5OC(C)(C)C(C)(C)O5)ccc4n3)cc2)OC1(C)C. The summed E-state index contributed by atoms with van der Waals surface area (Å²) in [4.78, 5) is 9.51. The minimum atomic E-state index is -0.418. The van der Waals surface area contributed by atoms with Crippen LogP contribution in [0.2, 0.25) is 0 Å². The van der Waals surface area contributed by atoms with Gasteiger partial charge in [-0.3, -0.25) is 4.98 Å². The Morgan fingerprint density at radius 3 is 1.59 bits per heavy atom. The summed E-state index contributed by atoms with van der Waals surface area (Å²) in [5.41, 5.74) is 3.89. The highest BCUT2D eigenvalue weighted by atomic mass is 16.7. The van der Waals surface area contributed by atoms with Gasteiger partial charge in [0.1, 0.15) is 0 Å². The summed E-state index contributed by atoms with van der Waals surface area (Å²) in [6.45, 7) is 16.5. The summed E-state index contributed by atoms with van der Waals surface area (Å²) in [5.74, 6) is 0.